The second-order valence-corrected chi connectivity index (χ2v) is 4.86. The topological polar surface area (TPSA) is 126 Å². The van der Waals surface area contributed by atoms with E-state index in [1.165, 1.54) is 30.4 Å². The summed E-state index contributed by atoms with van der Waals surface area (Å²) < 4.78 is 4.96. The lowest BCUT2D eigenvalue weighted by molar-refractivity contribution is -0.402. The smallest absolute Gasteiger partial charge is 0.433 e. The Hall–Kier alpha value is -3.68. The molecular weight excluding hydrogens is 316 g/mol. The first-order valence-corrected chi connectivity index (χ1v) is 6.78. The molecule has 24 heavy (non-hydrogen) atoms. The SMILES string of the molecule is O=C(O)c1c(C=Cc2ccc([N+](=O)[O-])o2)[nH]c2ccccc2c1=O. The molecule has 8 heteroatoms. The van der Waals surface area contributed by atoms with E-state index in [1.807, 2.05) is 0 Å². The molecule has 0 unspecified atom stereocenters. The number of nitrogens with one attached hydrogen (secondary N) is 1. The van der Waals surface area contributed by atoms with Crippen molar-refractivity contribution in [2.45, 2.75) is 0 Å². The predicted octanol–water partition coefficient (Wildman–Crippen LogP) is 2.90. The van der Waals surface area contributed by atoms with Gasteiger partial charge in [-0.2, -0.15) is 0 Å². The second-order valence-electron chi connectivity index (χ2n) is 4.86. The normalized spacial score (nSPS) is 11.2. The van der Waals surface area contributed by atoms with Crippen molar-refractivity contribution >= 4 is 34.9 Å². The summed E-state index contributed by atoms with van der Waals surface area (Å²) in [7, 11) is 0. The average molecular weight is 326 g/mol. The minimum Gasteiger partial charge on any atom is -0.477 e. The Morgan fingerprint density at radius 1 is 1.21 bits per heavy atom. The number of benzene rings is 1. The number of nitro groups is 1. The molecule has 3 aromatic rings. The number of pyridine rings is 1. The number of para-hydroxylation sites is 1. The molecule has 8 nitrogen and oxygen atoms in total. The lowest BCUT2D eigenvalue weighted by Gasteiger charge is -2.04. The highest BCUT2D eigenvalue weighted by atomic mass is 16.6. The number of hydrogen-bond donors (Lipinski definition) is 2. The molecule has 120 valence electrons. The monoisotopic (exact) mass is 326 g/mol. The van der Waals surface area contributed by atoms with Crippen molar-refractivity contribution in [1.29, 1.82) is 0 Å². The van der Waals surface area contributed by atoms with Gasteiger partial charge in [-0.05, 0) is 30.4 Å². The summed E-state index contributed by atoms with van der Waals surface area (Å²) >= 11 is 0. The highest BCUT2D eigenvalue weighted by Gasteiger charge is 2.17. The van der Waals surface area contributed by atoms with Gasteiger partial charge in [0.05, 0.1) is 11.8 Å². The molecule has 0 bridgehead atoms. The van der Waals surface area contributed by atoms with E-state index in [0.717, 1.165) is 0 Å². The molecule has 0 aliphatic carbocycles. The maximum atomic E-state index is 12.3. The van der Waals surface area contributed by atoms with Crippen LogP contribution in [0.1, 0.15) is 21.8 Å². The third-order valence-corrected chi connectivity index (χ3v) is 3.36. The Balaban J connectivity index is 2.12. The van der Waals surface area contributed by atoms with Crippen LogP contribution in [-0.2, 0) is 0 Å². The molecule has 0 atom stereocenters. The first-order valence-electron chi connectivity index (χ1n) is 6.78. The number of fused-ring (bicyclic) bond motifs is 1. The number of aromatic nitrogens is 1. The van der Waals surface area contributed by atoms with E-state index in [4.69, 9.17) is 4.42 Å². The van der Waals surface area contributed by atoms with Gasteiger partial charge >= 0.3 is 11.9 Å². The maximum Gasteiger partial charge on any atom is 0.433 e. The van der Waals surface area contributed by atoms with Gasteiger partial charge in [-0.25, -0.2) is 4.79 Å². The first-order chi connectivity index (χ1) is 11.5. The minimum atomic E-state index is -1.37. The molecule has 0 radical (unpaired) electrons. The highest BCUT2D eigenvalue weighted by Crippen LogP contribution is 2.19. The highest BCUT2D eigenvalue weighted by molar-refractivity contribution is 5.96. The summed E-state index contributed by atoms with van der Waals surface area (Å²) in [6, 6.07) is 9.08. The van der Waals surface area contributed by atoms with Gasteiger partial charge in [-0.3, -0.25) is 14.9 Å². The quantitative estimate of drug-likeness (QED) is 0.560. The van der Waals surface area contributed by atoms with E-state index in [1.54, 1.807) is 18.2 Å². The molecule has 2 aromatic heterocycles. The fraction of sp³-hybridized carbons (Fsp3) is 0. The third-order valence-electron chi connectivity index (χ3n) is 3.36. The van der Waals surface area contributed by atoms with Crippen molar-refractivity contribution in [3.8, 4) is 0 Å². The number of hydrogen-bond acceptors (Lipinski definition) is 5. The van der Waals surface area contributed by atoms with Crippen molar-refractivity contribution < 1.29 is 19.2 Å². The van der Waals surface area contributed by atoms with E-state index >= 15 is 0 Å². The number of furan rings is 1. The molecule has 0 fully saturated rings. The van der Waals surface area contributed by atoms with E-state index < -0.39 is 27.8 Å². The fourth-order valence-corrected chi connectivity index (χ4v) is 2.29. The standard InChI is InChI=1S/C16H10N2O6/c19-15-10-3-1-2-4-11(10)17-12(14(15)16(20)21)7-5-9-6-8-13(24-9)18(22)23/h1-8H,(H,17,19)(H,20,21). The van der Waals surface area contributed by atoms with Crippen LogP contribution in [0.25, 0.3) is 23.1 Å². The van der Waals surface area contributed by atoms with Crippen LogP contribution in [0, 0.1) is 10.1 Å². The number of nitrogens with zero attached hydrogens (tertiary/aromatic N) is 1. The minimum absolute atomic E-state index is 0.0743. The summed E-state index contributed by atoms with van der Waals surface area (Å²) in [5, 5.41) is 20.2. The number of H-pyrrole nitrogens is 1. The molecular formula is C16H10N2O6. The van der Waals surface area contributed by atoms with Gasteiger partial charge in [0.1, 0.15) is 16.2 Å². The van der Waals surface area contributed by atoms with Gasteiger partial charge in [0.25, 0.3) is 0 Å². The van der Waals surface area contributed by atoms with Crippen LogP contribution in [0.4, 0.5) is 5.88 Å². The van der Waals surface area contributed by atoms with Crippen molar-refractivity contribution in [2.24, 2.45) is 0 Å². The van der Waals surface area contributed by atoms with Gasteiger partial charge in [-0.1, -0.05) is 12.1 Å². The summed E-state index contributed by atoms with van der Waals surface area (Å²) in [4.78, 5) is 36.5. The van der Waals surface area contributed by atoms with Crippen LogP contribution in [0.3, 0.4) is 0 Å². The zero-order valence-corrected chi connectivity index (χ0v) is 12.1. The predicted molar refractivity (Wildman–Crippen MR) is 85.8 cm³/mol. The van der Waals surface area contributed by atoms with Gasteiger partial charge in [0.2, 0.25) is 5.43 Å². The maximum absolute atomic E-state index is 12.3. The molecule has 1 aromatic carbocycles. The molecule has 0 saturated carbocycles. The summed E-state index contributed by atoms with van der Waals surface area (Å²) in [5.74, 6) is -1.64. The van der Waals surface area contributed by atoms with Crippen LogP contribution < -0.4 is 5.43 Å². The summed E-state index contributed by atoms with van der Waals surface area (Å²) in [5.41, 5.74) is -0.462. The van der Waals surface area contributed by atoms with Crippen LogP contribution in [-0.4, -0.2) is 21.0 Å². The number of aromatic amines is 1. The number of carbonyl (C=O) groups is 1. The Labute approximate surface area is 133 Å². The number of carboxylic acid groups (broad SMARTS) is 1. The van der Waals surface area contributed by atoms with Crippen LogP contribution in [0.15, 0.2) is 45.6 Å². The summed E-state index contributed by atoms with van der Waals surface area (Å²) in [6.45, 7) is 0. The number of rotatable bonds is 4. The largest absolute Gasteiger partial charge is 0.477 e. The molecule has 0 spiro atoms. The lowest BCUT2D eigenvalue weighted by atomic mass is 10.1. The number of carboxylic acids is 1. The molecule has 0 amide bonds. The van der Waals surface area contributed by atoms with E-state index in [2.05, 4.69) is 4.98 Å². The van der Waals surface area contributed by atoms with Crippen molar-refractivity contribution in [2.75, 3.05) is 0 Å². The van der Waals surface area contributed by atoms with Gasteiger partial charge < -0.3 is 14.5 Å². The zero-order chi connectivity index (χ0) is 17.3. The van der Waals surface area contributed by atoms with Crippen LogP contribution in [0.2, 0.25) is 0 Å². The van der Waals surface area contributed by atoms with Gasteiger partial charge in [-0.15, -0.1) is 0 Å². The van der Waals surface area contributed by atoms with Gasteiger partial charge in [0, 0.05) is 10.9 Å². The molecule has 2 N–H and O–H groups in total. The third kappa shape index (κ3) is 2.68. The average Bonchev–Trinajstić information content (AvgIpc) is 3.02. The van der Waals surface area contributed by atoms with E-state index in [0.29, 0.717) is 5.52 Å². The molecule has 0 saturated heterocycles. The Morgan fingerprint density at radius 3 is 2.62 bits per heavy atom. The summed E-state index contributed by atoms with van der Waals surface area (Å²) in [6.07, 6.45) is 2.68. The Kier molecular flexibility index (Phi) is 3.70. The second kappa shape index (κ2) is 5.84. The Bertz CT molecular complexity index is 1040. The molecule has 2 heterocycles. The van der Waals surface area contributed by atoms with Crippen molar-refractivity contribution in [3.05, 3.63) is 73.8 Å². The Morgan fingerprint density at radius 2 is 1.96 bits per heavy atom. The molecule has 0 aliphatic rings. The van der Waals surface area contributed by atoms with Crippen molar-refractivity contribution in [3.63, 3.8) is 0 Å². The lowest BCUT2D eigenvalue weighted by Crippen LogP contribution is -2.18. The fourth-order valence-electron chi connectivity index (χ4n) is 2.29. The number of aromatic carboxylic acids is 1. The van der Waals surface area contributed by atoms with Crippen LogP contribution >= 0.6 is 0 Å². The van der Waals surface area contributed by atoms with Crippen molar-refractivity contribution in [1.82, 2.24) is 4.98 Å². The van der Waals surface area contributed by atoms with E-state index in [-0.39, 0.29) is 16.8 Å². The van der Waals surface area contributed by atoms with Crippen LogP contribution in [0.5, 0.6) is 0 Å². The zero-order valence-electron chi connectivity index (χ0n) is 12.1. The van der Waals surface area contributed by atoms with E-state index in [9.17, 15) is 24.8 Å². The van der Waals surface area contributed by atoms with Gasteiger partial charge in [0.15, 0.2) is 0 Å². The molecule has 0 aliphatic heterocycles. The first kappa shape index (κ1) is 15.2. The molecule has 3 rings (SSSR count).